The summed E-state index contributed by atoms with van der Waals surface area (Å²) in [5.74, 6) is 0.349. The number of hydrogen-bond donors (Lipinski definition) is 2. The number of nitrogen functional groups attached to an aromatic ring is 1. The molecule has 0 fully saturated rings. The maximum absolute atomic E-state index is 9.73. The summed E-state index contributed by atoms with van der Waals surface area (Å²) in [5.41, 5.74) is 13.1. The number of hydrogen-bond acceptors (Lipinski definition) is 3. The number of aryl methyl sites for hydroxylation is 1. The number of nitrogens with two attached hydrogens (primary N) is 1. The number of nitrogens with zero attached hydrogens (tertiary/aromatic N) is 2. The predicted molar refractivity (Wildman–Crippen MR) is 105 cm³/mol. The van der Waals surface area contributed by atoms with Crippen molar-refractivity contribution in [1.29, 1.82) is 5.26 Å². The van der Waals surface area contributed by atoms with E-state index in [1.54, 1.807) is 0 Å². The Morgan fingerprint density at radius 1 is 1.00 bits per heavy atom. The van der Waals surface area contributed by atoms with Gasteiger partial charge >= 0.3 is 0 Å². The minimum Gasteiger partial charge on any atom is -0.383 e. The molecule has 0 saturated carbocycles. The molecule has 0 atom stereocenters. The van der Waals surface area contributed by atoms with Gasteiger partial charge in [-0.25, -0.2) is 4.98 Å². The van der Waals surface area contributed by atoms with Crippen molar-refractivity contribution < 1.29 is 0 Å². The summed E-state index contributed by atoms with van der Waals surface area (Å²) < 4.78 is 0. The van der Waals surface area contributed by atoms with Crippen LogP contribution in [0.2, 0.25) is 0 Å². The van der Waals surface area contributed by atoms with Gasteiger partial charge in [0.15, 0.2) is 0 Å². The standard InChI is InChI=1S/C22H18N4/c23-12-17-21(15-6-2-4-8-19(15)26-22(17)24)13-9-10-20-16(11-13)14-5-1-3-7-18(14)25-20/h1,3,5,7,9-11,25H,2,4,6,8H2,(H2,24,26). The van der Waals surface area contributed by atoms with Gasteiger partial charge < -0.3 is 10.7 Å². The van der Waals surface area contributed by atoms with Crippen LogP contribution in [0, 0.1) is 11.3 Å². The van der Waals surface area contributed by atoms with E-state index in [-0.39, 0.29) is 0 Å². The van der Waals surface area contributed by atoms with E-state index in [4.69, 9.17) is 5.73 Å². The van der Waals surface area contributed by atoms with E-state index in [0.29, 0.717) is 11.4 Å². The fourth-order valence-corrected chi connectivity index (χ4v) is 4.20. The van der Waals surface area contributed by atoms with Crippen molar-refractivity contribution in [2.24, 2.45) is 0 Å². The van der Waals surface area contributed by atoms with E-state index < -0.39 is 0 Å². The van der Waals surface area contributed by atoms with E-state index in [0.717, 1.165) is 53.5 Å². The molecule has 2 heterocycles. The van der Waals surface area contributed by atoms with Crippen molar-refractivity contribution in [3.05, 3.63) is 59.3 Å². The van der Waals surface area contributed by atoms with Crippen LogP contribution in [0.3, 0.4) is 0 Å². The Morgan fingerprint density at radius 2 is 1.81 bits per heavy atom. The zero-order chi connectivity index (χ0) is 17.7. The number of benzene rings is 2. The summed E-state index contributed by atoms with van der Waals surface area (Å²) in [5, 5.41) is 12.1. The number of pyridine rings is 1. The van der Waals surface area contributed by atoms with Gasteiger partial charge in [-0.3, -0.25) is 0 Å². The number of para-hydroxylation sites is 1. The first-order chi connectivity index (χ1) is 12.8. The fourth-order valence-electron chi connectivity index (χ4n) is 4.20. The SMILES string of the molecule is N#Cc1c(N)nc2c(c1-c1ccc3[nH]c4ccccc4c3c1)CCCC2. The highest BCUT2D eigenvalue weighted by molar-refractivity contribution is 6.08. The molecule has 4 heteroatoms. The Kier molecular flexibility index (Phi) is 3.23. The molecule has 0 saturated heterocycles. The summed E-state index contributed by atoms with van der Waals surface area (Å²) in [6, 6.07) is 17.0. The summed E-state index contributed by atoms with van der Waals surface area (Å²) >= 11 is 0. The first kappa shape index (κ1) is 15.0. The van der Waals surface area contributed by atoms with Crippen molar-refractivity contribution >= 4 is 27.6 Å². The molecule has 1 aliphatic rings. The first-order valence-corrected chi connectivity index (χ1v) is 8.98. The number of nitriles is 1. The lowest BCUT2D eigenvalue weighted by Crippen LogP contribution is -2.11. The molecular weight excluding hydrogens is 320 g/mol. The minimum absolute atomic E-state index is 0.349. The van der Waals surface area contributed by atoms with Crippen molar-refractivity contribution in [1.82, 2.24) is 9.97 Å². The molecule has 0 unspecified atom stereocenters. The topological polar surface area (TPSA) is 78.5 Å². The van der Waals surface area contributed by atoms with Crippen LogP contribution in [0.15, 0.2) is 42.5 Å². The van der Waals surface area contributed by atoms with Crippen LogP contribution in [-0.2, 0) is 12.8 Å². The second kappa shape index (κ2) is 5.60. The average Bonchev–Trinajstić information content (AvgIpc) is 3.04. The Hall–Kier alpha value is -3.32. The maximum atomic E-state index is 9.73. The maximum Gasteiger partial charge on any atom is 0.142 e. The third-order valence-electron chi connectivity index (χ3n) is 5.41. The predicted octanol–water partition coefficient (Wildman–Crippen LogP) is 4.72. The van der Waals surface area contributed by atoms with Gasteiger partial charge in [-0.15, -0.1) is 0 Å². The summed E-state index contributed by atoms with van der Waals surface area (Å²) in [4.78, 5) is 7.98. The summed E-state index contributed by atoms with van der Waals surface area (Å²) in [6.07, 6.45) is 4.16. The number of aromatic nitrogens is 2. The molecule has 4 nitrogen and oxygen atoms in total. The van der Waals surface area contributed by atoms with Crippen LogP contribution in [0.1, 0.15) is 29.7 Å². The fraction of sp³-hybridized carbons (Fsp3) is 0.182. The van der Waals surface area contributed by atoms with Crippen molar-refractivity contribution in [3.63, 3.8) is 0 Å². The lowest BCUT2D eigenvalue weighted by molar-refractivity contribution is 0.670. The molecule has 5 rings (SSSR count). The zero-order valence-corrected chi connectivity index (χ0v) is 14.3. The van der Waals surface area contributed by atoms with Gasteiger partial charge in [0.25, 0.3) is 0 Å². The molecular formula is C22H18N4. The third-order valence-corrected chi connectivity index (χ3v) is 5.41. The summed E-state index contributed by atoms with van der Waals surface area (Å²) in [7, 11) is 0. The van der Waals surface area contributed by atoms with Crippen LogP contribution >= 0.6 is 0 Å². The molecule has 0 bridgehead atoms. The molecule has 3 N–H and O–H groups in total. The highest BCUT2D eigenvalue weighted by Gasteiger charge is 2.22. The second-order valence-corrected chi connectivity index (χ2v) is 6.92. The minimum atomic E-state index is 0.349. The van der Waals surface area contributed by atoms with E-state index in [9.17, 15) is 5.26 Å². The molecule has 2 aromatic heterocycles. The molecule has 2 aromatic carbocycles. The molecule has 4 aromatic rings. The number of rotatable bonds is 1. The van der Waals surface area contributed by atoms with Gasteiger partial charge in [-0.1, -0.05) is 24.3 Å². The van der Waals surface area contributed by atoms with Gasteiger partial charge in [0.2, 0.25) is 0 Å². The number of anilines is 1. The molecule has 1 aliphatic carbocycles. The lowest BCUT2D eigenvalue weighted by atomic mass is 9.86. The number of H-pyrrole nitrogens is 1. The Balaban J connectivity index is 1.84. The Morgan fingerprint density at radius 3 is 2.69 bits per heavy atom. The first-order valence-electron chi connectivity index (χ1n) is 8.98. The van der Waals surface area contributed by atoms with Crippen LogP contribution in [0.5, 0.6) is 0 Å². The van der Waals surface area contributed by atoms with E-state index >= 15 is 0 Å². The largest absolute Gasteiger partial charge is 0.383 e. The van der Waals surface area contributed by atoms with Crippen LogP contribution in [0.4, 0.5) is 5.82 Å². The van der Waals surface area contributed by atoms with E-state index in [1.165, 1.54) is 16.3 Å². The normalized spacial score (nSPS) is 13.7. The lowest BCUT2D eigenvalue weighted by Gasteiger charge is -2.21. The van der Waals surface area contributed by atoms with Gasteiger partial charge in [-0.2, -0.15) is 5.26 Å². The molecule has 0 radical (unpaired) electrons. The van der Waals surface area contributed by atoms with Crippen molar-refractivity contribution in [3.8, 4) is 17.2 Å². The average molecular weight is 338 g/mol. The van der Waals surface area contributed by atoms with E-state index in [1.807, 2.05) is 6.07 Å². The van der Waals surface area contributed by atoms with Crippen molar-refractivity contribution in [2.75, 3.05) is 5.73 Å². The van der Waals surface area contributed by atoms with Crippen LogP contribution < -0.4 is 5.73 Å². The second-order valence-electron chi connectivity index (χ2n) is 6.92. The number of aromatic amines is 1. The van der Waals surface area contributed by atoms with Gasteiger partial charge in [-0.05, 0) is 55.0 Å². The van der Waals surface area contributed by atoms with Gasteiger partial charge in [0.1, 0.15) is 17.5 Å². The molecule has 126 valence electrons. The summed E-state index contributed by atoms with van der Waals surface area (Å²) in [6.45, 7) is 0. The monoisotopic (exact) mass is 338 g/mol. The number of nitrogens with one attached hydrogen (secondary N) is 1. The smallest absolute Gasteiger partial charge is 0.142 e. The Labute approximate surface area is 151 Å². The van der Waals surface area contributed by atoms with Crippen LogP contribution in [-0.4, -0.2) is 9.97 Å². The molecule has 0 amide bonds. The molecule has 0 aliphatic heterocycles. The highest BCUT2D eigenvalue weighted by Crippen LogP contribution is 2.38. The highest BCUT2D eigenvalue weighted by atomic mass is 14.9. The number of fused-ring (bicyclic) bond motifs is 4. The Bertz CT molecular complexity index is 1210. The quantitative estimate of drug-likeness (QED) is 0.527. The van der Waals surface area contributed by atoms with Gasteiger partial charge in [0, 0.05) is 33.1 Å². The van der Waals surface area contributed by atoms with Crippen molar-refractivity contribution in [2.45, 2.75) is 25.7 Å². The van der Waals surface area contributed by atoms with E-state index in [2.05, 4.69) is 52.4 Å². The molecule has 0 spiro atoms. The zero-order valence-electron chi connectivity index (χ0n) is 14.3. The van der Waals surface area contributed by atoms with Gasteiger partial charge in [0.05, 0.1) is 0 Å². The molecule has 26 heavy (non-hydrogen) atoms. The third kappa shape index (κ3) is 2.11. The van der Waals surface area contributed by atoms with Crippen LogP contribution in [0.25, 0.3) is 32.9 Å².